The van der Waals surface area contributed by atoms with Gasteiger partial charge in [-0.05, 0) is 37.7 Å². The number of nitrogens with one attached hydrogen (secondary N) is 1. The molecule has 0 aliphatic rings. The van der Waals surface area contributed by atoms with Gasteiger partial charge in [0.15, 0.2) is 0 Å². The van der Waals surface area contributed by atoms with Crippen LogP contribution in [0.3, 0.4) is 0 Å². The molecule has 0 aliphatic carbocycles. The second-order valence-electron chi connectivity index (χ2n) is 4.75. The van der Waals surface area contributed by atoms with Gasteiger partial charge in [-0.15, -0.1) is 0 Å². The van der Waals surface area contributed by atoms with Crippen LogP contribution in [0.5, 0.6) is 0 Å². The number of hydrogen-bond acceptors (Lipinski definition) is 3. The fraction of sp³-hybridized carbons (Fsp3) is 0.357. The van der Waals surface area contributed by atoms with Crippen LogP contribution in [0.15, 0.2) is 35.2 Å². The summed E-state index contributed by atoms with van der Waals surface area (Å²) in [6.07, 6.45) is 2.02. The number of aromatic nitrogens is 1. The maximum atomic E-state index is 12.0. The third-order valence-corrected chi connectivity index (χ3v) is 3.87. The van der Waals surface area contributed by atoms with Gasteiger partial charge >= 0.3 is 0 Å². The second-order valence-corrected chi connectivity index (χ2v) is 5.53. The Labute approximate surface area is 117 Å². The normalized spacial score (nSPS) is 12.6. The van der Waals surface area contributed by atoms with Crippen molar-refractivity contribution in [1.82, 2.24) is 14.8 Å². The van der Waals surface area contributed by atoms with Crippen molar-refractivity contribution in [3.8, 4) is 0 Å². The summed E-state index contributed by atoms with van der Waals surface area (Å²) in [7, 11) is 6.06. The summed E-state index contributed by atoms with van der Waals surface area (Å²) in [6.45, 7) is 0.597. The molecule has 5 heteroatoms. The molecule has 1 N–H and O–H groups in total. The third kappa shape index (κ3) is 3.24. The number of carbonyl (C=O) groups excluding carboxylic acids is 1. The molecular formula is C14H19N3OS. The zero-order valence-electron chi connectivity index (χ0n) is 11.5. The van der Waals surface area contributed by atoms with Gasteiger partial charge in [0.25, 0.3) is 5.91 Å². The van der Waals surface area contributed by atoms with Crippen LogP contribution in [0.1, 0.15) is 22.1 Å². The highest BCUT2D eigenvalue weighted by Crippen LogP contribution is 2.17. The number of amides is 1. The van der Waals surface area contributed by atoms with Crippen LogP contribution in [-0.2, 0) is 7.05 Å². The summed E-state index contributed by atoms with van der Waals surface area (Å²) in [5.41, 5.74) is 1.92. The summed E-state index contributed by atoms with van der Waals surface area (Å²) in [5, 5.41) is 6.77. The number of nitrogens with zero attached hydrogens (tertiary/aromatic N) is 2. The third-order valence-electron chi connectivity index (χ3n) is 3.19. The van der Waals surface area contributed by atoms with Crippen LogP contribution in [0.25, 0.3) is 0 Å². The van der Waals surface area contributed by atoms with Crippen LogP contribution in [0, 0.1) is 0 Å². The maximum Gasteiger partial charge on any atom is 0.252 e. The summed E-state index contributed by atoms with van der Waals surface area (Å²) < 4.78 is 2.08. The summed E-state index contributed by atoms with van der Waals surface area (Å²) in [5.74, 6) is -0.0118. The number of aryl methyl sites for hydroxylation is 1. The van der Waals surface area contributed by atoms with Gasteiger partial charge in [-0.1, -0.05) is 0 Å². The molecule has 0 aliphatic heterocycles. The minimum absolute atomic E-state index is 0.0118. The Morgan fingerprint density at radius 1 is 1.47 bits per heavy atom. The van der Waals surface area contributed by atoms with E-state index in [0.717, 1.165) is 5.56 Å². The predicted molar refractivity (Wildman–Crippen MR) is 78.5 cm³/mol. The Kier molecular flexibility index (Phi) is 4.39. The molecule has 0 aromatic carbocycles. The summed E-state index contributed by atoms with van der Waals surface area (Å²) >= 11 is 1.53. The predicted octanol–water partition coefficient (Wildman–Crippen LogP) is 2.12. The average molecular weight is 277 g/mol. The molecule has 4 nitrogen and oxygen atoms in total. The van der Waals surface area contributed by atoms with Gasteiger partial charge < -0.3 is 9.88 Å². The number of thiophene rings is 1. The molecule has 102 valence electrons. The molecule has 2 aromatic rings. The first-order chi connectivity index (χ1) is 9.09. The monoisotopic (exact) mass is 277 g/mol. The molecule has 0 unspecified atom stereocenters. The van der Waals surface area contributed by atoms with Gasteiger partial charge in [0.1, 0.15) is 0 Å². The minimum Gasteiger partial charge on any atom is -0.353 e. The van der Waals surface area contributed by atoms with Crippen molar-refractivity contribution in [3.05, 3.63) is 46.4 Å². The van der Waals surface area contributed by atoms with Gasteiger partial charge in [0.05, 0.1) is 6.04 Å². The molecule has 0 saturated carbocycles. The van der Waals surface area contributed by atoms with E-state index in [1.807, 2.05) is 50.2 Å². The first-order valence-corrected chi connectivity index (χ1v) is 7.12. The number of carbonyl (C=O) groups is 1. The molecule has 0 radical (unpaired) electrons. The quantitative estimate of drug-likeness (QED) is 0.909. The second kappa shape index (κ2) is 6.04. The van der Waals surface area contributed by atoms with Gasteiger partial charge in [-0.2, -0.15) is 11.3 Å². The molecule has 0 spiro atoms. The molecular weight excluding hydrogens is 258 g/mol. The van der Waals surface area contributed by atoms with E-state index in [4.69, 9.17) is 0 Å². The molecule has 2 aromatic heterocycles. The number of likely N-dealkylation sites (N-methyl/N-ethyl adjacent to an activating group) is 1. The standard InChI is InChI=1S/C14H19N3OS/c1-16(2)13(12-5-4-7-17(12)3)9-15-14(18)11-6-8-19-10-11/h4-8,10,13H,9H2,1-3H3,(H,15,18)/t13-/m1/s1. The van der Waals surface area contributed by atoms with Crippen molar-refractivity contribution in [1.29, 1.82) is 0 Å². The van der Waals surface area contributed by atoms with E-state index in [2.05, 4.69) is 20.9 Å². The van der Waals surface area contributed by atoms with E-state index >= 15 is 0 Å². The van der Waals surface area contributed by atoms with Crippen molar-refractivity contribution >= 4 is 17.2 Å². The Hall–Kier alpha value is -1.59. The smallest absolute Gasteiger partial charge is 0.252 e. The molecule has 1 amide bonds. The average Bonchev–Trinajstić information content (AvgIpc) is 3.01. The molecule has 2 heterocycles. The zero-order valence-corrected chi connectivity index (χ0v) is 12.3. The van der Waals surface area contributed by atoms with E-state index in [1.165, 1.54) is 17.0 Å². The lowest BCUT2D eigenvalue weighted by Gasteiger charge is -2.25. The minimum atomic E-state index is -0.0118. The molecule has 0 saturated heterocycles. The lowest BCUT2D eigenvalue weighted by molar-refractivity contribution is 0.0941. The van der Waals surface area contributed by atoms with Gasteiger partial charge in [-0.3, -0.25) is 9.69 Å². The van der Waals surface area contributed by atoms with E-state index in [0.29, 0.717) is 6.54 Å². The van der Waals surface area contributed by atoms with Crippen LogP contribution >= 0.6 is 11.3 Å². The van der Waals surface area contributed by atoms with Gasteiger partial charge in [0, 0.05) is 36.4 Å². The Morgan fingerprint density at radius 3 is 2.79 bits per heavy atom. The van der Waals surface area contributed by atoms with Crippen LogP contribution < -0.4 is 5.32 Å². The Balaban J connectivity index is 2.03. The Morgan fingerprint density at radius 2 is 2.26 bits per heavy atom. The highest BCUT2D eigenvalue weighted by atomic mass is 32.1. The molecule has 1 atom stereocenters. The highest BCUT2D eigenvalue weighted by molar-refractivity contribution is 7.08. The maximum absolute atomic E-state index is 12.0. The fourth-order valence-electron chi connectivity index (χ4n) is 2.06. The van der Waals surface area contributed by atoms with E-state index in [9.17, 15) is 4.79 Å². The summed E-state index contributed by atoms with van der Waals surface area (Å²) in [6, 6.07) is 6.11. The number of hydrogen-bond donors (Lipinski definition) is 1. The van der Waals surface area contributed by atoms with Crippen molar-refractivity contribution in [2.45, 2.75) is 6.04 Å². The van der Waals surface area contributed by atoms with Crippen molar-refractivity contribution in [2.24, 2.45) is 7.05 Å². The van der Waals surface area contributed by atoms with Crippen molar-refractivity contribution < 1.29 is 4.79 Å². The highest BCUT2D eigenvalue weighted by Gasteiger charge is 2.18. The molecule has 2 rings (SSSR count). The van der Waals surface area contributed by atoms with Crippen LogP contribution in [0.4, 0.5) is 0 Å². The van der Waals surface area contributed by atoms with Crippen LogP contribution in [0.2, 0.25) is 0 Å². The zero-order chi connectivity index (χ0) is 13.8. The summed E-state index contributed by atoms with van der Waals surface area (Å²) in [4.78, 5) is 14.1. The molecule has 0 bridgehead atoms. The fourth-order valence-corrected chi connectivity index (χ4v) is 2.69. The van der Waals surface area contributed by atoms with Gasteiger partial charge in [-0.25, -0.2) is 0 Å². The molecule has 0 fully saturated rings. The van der Waals surface area contributed by atoms with Gasteiger partial charge in [0.2, 0.25) is 0 Å². The van der Waals surface area contributed by atoms with E-state index < -0.39 is 0 Å². The topological polar surface area (TPSA) is 37.3 Å². The van der Waals surface area contributed by atoms with Crippen molar-refractivity contribution in [3.63, 3.8) is 0 Å². The van der Waals surface area contributed by atoms with Crippen molar-refractivity contribution in [2.75, 3.05) is 20.6 Å². The SMILES string of the molecule is CN(C)[C@H](CNC(=O)c1ccsc1)c1cccn1C. The lowest BCUT2D eigenvalue weighted by atomic mass is 10.2. The molecule has 19 heavy (non-hydrogen) atoms. The van der Waals surface area contributed by atoms with E-state index in [1.54, 1.807) is 0 Å². The number of rotatable bonds is 5. The van der Waals surface area contributed by atoms with E-state index in [-0.39, 0.29) is 11.9 Å². The first kappa shape index (κ1) is 13.8. The van der Waals surface area contributed by atoms with Crippen LogP contribution in [-0.4, -0.2) is 36.0 Å². The lowest BCUT2D eigenvalue weighted by Crippen LogP contribution is -2.35. The first-order valence-electron chi connectivity index (χ1n) is 6.17. The Bertz CT molecular complexity index is 531. The largest absolute Gasteiger partial charge is 0.353 e.